The number of hydrogen-bond acceptors (Lipinski definition) is 4. The molecule has 0 spiro atoms. The van der Waals surface area contributed by atoms with Crippen LogP contribution >= 0.6 is 0 Å². The molecule has 1 aromatic heterocycles. The van der Waals surface area contributed by atoms with E-state index in [1.807, 2.05) is 18.2 Å². The van der Waals surface area contributed by atoms with Crippen LogP contribution in [0.1, 0.15) is 11.1 Å². The minimum atomic E-state index is -0.0121. The van der Waals surface area contributed by atoms with E-state index in [0.29, 0.717) is 12.0 Å². The van der Waals surface area contributed by atoms with Gasteiger partial charge in [-0.1, -0.05) is 6.07 Å². The van der Waals surface area contributed by atoms with Crippen molar-refractivity contribution < 1.29 is 4.79 Å². The number of nitriles is 1. The molecule has 92 valence electrons. The number of fused-ring (bicyclic) bond motifs is 1. The average Bonchev–Trinajstić information content (AvgIpc) is 2.77. The molecule has 0 aliphatic carbocycles. The van der Waals surface area contributed by atoms with Crippen molar-refractivity contribution in [1.82, 2.24) is 4.98 Å². The standard InChI is InChI=1S/C14H10N4O/c15-7-11-10(3-4-17-14(11)16)8-1-2-12-9(5-8)6-13(19)18-12/h1-5H,6H2,(H2,16,17)(H,18,19). The van der Waals surface area contributed by atoms with Gasteiger partial charge in [-0.3, -0.25) is 4.79 Å². The number of nitrogens with two attached hydrogens (primary N) is 1. The molecule has 3 rings (SSSR count). The normalized spacial score (nSPS) is 12.7. The zero-order valence-corrected chi connectivity index (χ0v) is 9.97. The third kappa shape index (κ3) is 1.79. The van der Waals surface area contributed by atoms with E-state index in [-0.39, 0.29) is 11.7 Å². The second-order valence-corrected chi connectivity index (χ2v) is 4.33. The maximum Gasteiger partial charge on any atom is 0.228 e. The van der Waals surface area contributed by atoms with Gasteiger partial charge in [0.2, 0.25) is 5.91 Å². The van der Waals surface area contributed by atoms with Gasteiger partial charge in [-0.05, 0) is 29.3 Å². The Balaban J connectivity index is 2.15. The fourth-order valence-corrected chi connectivity index (χ4v) is 2.23. The van der Waals surface area contributed by atoms with Gasteiger partial charge in [0.05, 0.1) is 6.42 Å². The van der Waals surface area contributed by atoms with Crippen molar-refractivity contribution in [3.63, 3.8) is 0 Å². The molecule has 2 aromatic rings. The second kappa shape index (κ2) is 4.10. The van der Waals surface area contributed by atoms with E-state index in [0.717, 1.165) is 22.4 Å². The summed E-state index contributed by atoms with van der Waals surface area (Å²) in [5.74, 6) is 0.205. The van der Waals surface area contributed by atoms with Crippen LogP contribution in [0.4, 0.5) is 11.5 Å². The third-order valence-electron chi connectivity index (χ3n) is 3.13. The molecule has 1 amide bonds. The molecule has 0 unspecified atom stereocenters. The second-order valence-electron chi connectivity index (χ2n) is 4.33. The summed E-state index contributed by atoms with van der Waals surface area (Å²) in [6.07, 6.45) is 1.94. The minimum absolute atomic E-state index is 0.0121. The third-order valence-corrected chi connectivity index (χ3v) is 3.13. The van der Waals surface area contributed by atoms with Gasteiger partial charge in [0.25, 0.3) is 0 Å². The number of rotatable bonds is 1. The summed E-state index contributed by atoms with van der Waals surface area (Å²) in [5, 5.41) is 11.9. The molecule has 1 aromatic carbocycles. The minimum Gasteiger partial charge on any atom is -0.383 e. The first kappa shape index (κ1) is 11.2. The number of nitrogen functional groups attached to an aromatic ring is 1. The lowest BCUT2D eigenvalue weighted by Gasteiger charge is -2.07. The van der Waals surface area contributed by atoms with Crippen LogP contribution in [0.2, 0.25) is 0 Å². The first-order valence-electron chi connectivity index (χ1n) is 5.77. The molecular formula is C14H10N4O. The molecule has 5 nitrogen and oxygen atoms in total. The van der Waals surface area contributed by atoms with E-state index in [1.165, 1.54) is 0 Å². The lowest BCUT2D eigenvalue weighted by atomic mass is 9.99. The highest BCUT2D eigenvalue weighted by atomic mass is 16.1. The maximum atomic E-state index is 11.3. The molecule has 2 heterocycles. The van der Waals surface area contributed by atoms with Crippen LogP contribution in [0.3, 0.4) is 0 Å². The maximum absolute atomic E-state index is 11.3. The fourth-order valence-electron chi connectivity index (χ4n) is 2.23. The number of hydrogen-bond donors (Lipinski definition) is 2. The number of carbonyl (C=O) groups excluding carboxylic acids is 1. The summed E-state index contributed by atoms with van der Waals surface area (Å²) in [4.78, 5) is 15.2. The zero-order chi connectivity index (χ0) is 13.4. The van der Waals surface area contributed by atoms with Gasteiger partial charge < -0.3 is 11.1 Å². The smallest absolute Gasteiger partial charge is 0.228 e. The van der Waals surface area contributed by atoms with Gasteiger partial charge in [0, 0.05) is 17.4 Å². The molecule has 0 saturated carbocycles. The SMILES string of the molecule is N#Cc1c(-c2ccc3c(c2)CC(=O)N3)ccnc1N. The quantitative estimate of drug-likeness (QED) is 0.805. The zero-order valence-electron chi connectivity index (χ0n) is 9.97. The molecule has 1 aliphatic heterocycles. The van der Waals surface area contributed by atoms with Crippen LogP contribution in [0.15, 0.2) is 30.5 Å². The molecule has 0 bridgehead atoms. The molecule has 5 heteroatoms. The lowest BCUT2D eigenvalue weighted by molar-refractivity contribution is -0.115. The Kier molecular flexibility index (Phi) is 2.43. The number of carbonyl (C=O) groups is 1. The van der Waals surface area contributed by atoms with E-state index >= 15 is 0 Å². The Morgan fingerprint density at radius 1 is 1.37 bits per heavy atom. The van der Waals surface area contributed by atoms with Crippen LogP contribution in [0.25, 0.3) is 11.1 Å². The van der Waals surface area contributed by atoms with E-state index in [9.17, 15) is 4.79 Å². The molecule has 0 fully saturated rings. The number of nitrogens with one attached hydrogen (secondary N) is 1. The molecule has 19 heavy (non-hydrogen) atoms. The van der Waals surface area contributed by atoms with Gasteiger partial charge in [-0.25, -0.2) is 4.98 Å². The van der Waals surface area contributed by atoms with Crippen molar-refractivity contribution in [2.45, 2.75) is 6.42 Å². The van der Waals surface area contributed by atoms with Crippen LogP contribution in [-0.4, -0.2) is 10.9 Å². The number of benzene rings is 1. The molecule has 3 N–H and O–H groups in total. The Labute approximate surface area is 109 Å². The summed E-state index contributed by atoms with van der Waals surface area (Å²) < 4.78 is 0. The van der Waals surface area contributed by atoms with Crippen molar-refractivity contribution in [3.8, 4) is 17.2 Å². The monoisotopic (exact) mass is 250 g/mol. The number of aromatic nitrogens is 1. The number of nitrogens with zero attached hydrogens (tertiary/aromatic N) is 2. The fraction of sp³-hybridized carbons (Fsp3) is 0.0714. The summed E-state index contributed by atoms with van der Waals surface area (Å²) >= 11 is 0. The first-order valence-corrected chi connectivity index (χ1v) is 5.77. The molecule has 0 saturated heterocycles. The van der Waals surface area contributed by atoms with Crippen molar-refractivity contribution in [3.05, 3.63) is 41.6 Å². The Morgan fingerprint density at radius 2 is 2.21 bits per heavy atom. The predicted octanol–water partition coefficient (Wildman–Crippen LogP) is 1.70. The topological polar surface area (TPSA) is 91.8 Å². The van der Waals surface area contributed by atoms with Gasteiger partial charge >= 0.3 is 0 Å². The molecular weight excluding hydrogens is 240 g/mol. The van der Waals surface area contributed by atoms with Crippen LogP contribution in [-0.2, 0) is 11.2 Å². The van der Waals surface area contributed by atoms with Crippen molar-refractivity contribution in [2.75, 3.05) is 11.1 Å². The van der Waals surface area contributed by atoms with Crippen molar-refractivity contribution in [2.24, 2.45) is 0 Å². The highest BCUT2D eigenvalue weighted by molar-refractivity contribution is 5.99. The highest BCUT2D eigenvalue weighted by Crippen LogP contribution is 2.31. The van der Waals surface area contributed by atoms with Gasteiger partial charge in [0.1, 0.15) is 17.5 Å². The van der Waals surface area contributed by atoms with Gasteiger partial charge in [0.15, 0.2) is 0 Å². The van der Waals surface area contributed by atoms with Crippen molar-refractivity contribution >= 4 is 17.4 Å². The highest BCUT2D eigenvalue weighted by Gasteiger charge is 2.18. The van der Waals surface area contributed by atoms with Crippen LogP contribution in [0.5, 0.6) is 0 Å². The summed E-state index contributed by atoms with van der Waals surface area (Å²) in [5.41, 5.74) is 9.42. The molecule has 0 atom stereocenters. The van der Waals surface area contributed by atoms with E-state index < -0.39 is 0 Å². The summed E-state index contributed by atoms with van der Waals surface area (Å²) in [7, 11) is 0. The first-order chi connectivity index (χ1) is 9.19. The van der Waals surface area contributed by atoms with Gasteiger partial charge in [-0.2, -0.15) is 5.26 Å². The molecule has 1 aliphatic rings. The number of anilines is 2. The Hall–Kier alpha value is -2.87. The van der Waals surface area contributed by atoms with E-state index in [1.54, 1.807) is 12.3 Å². The average molecular weight is 250 g/mol. The number of pyridine rings is 1. The van der Waals surface area contributed by atoms with E-state index in [2.05, 4.69) is 16.4 Å². The molecule has 0 radical (unpaired) electrons. The summed E-state index contributed by atoms with van der Waals surface area (Å²) in [6.45, 7) is 0. The van der Waals surface area contributed by atoms with Crippen LogP contribution < -0.4 is 11.1 Å². The van der Waals surface area contributed by atoms with Crippen molar-refractivity contribution in [1.29, 1.82) is 5.26 Å². The Morgan fingerprint density at radius 3 is 3.00 bits per heavy atom. The largest absolute Gasteiger partial charge is 0.383 e. The van der Waals surface area contributed by atoms with Gasteiger partial charge in [-0.15, -0.1) is 0 Å². The predicted molar refractivity (Wildman–Crippen MR) is 71.1 cm³/mol. The Bertz CT molecular complexity index is 731. The summed E-state index contributed by atoms with van der Waals surface area (Å²) in [6, 6.07) is 9.43. The van der Waals surface area contributed by atoms with Crippen LogP contribution in [0, 0.1) is 11.3 Å². The number of amides is 1. The van der Waals surface area contributed by atoms with E-state index in [4.69, 9.17) is 11.0 Å². The lowest BCUT2D eigenvalue weighted by Crippen LogP contribution is -2.03.